The predicted octanol–water partition coefficient (Wildman–Crippen LogP) is 3.10. The van der Waals surface area contributed by atoms with Crippen molar-refractivity contribution in [2.45, 2.75) is 6.92 Å². The highest BCUT2D eigenvalue weighted by atomic mass is 16.1. The molecular formula is C20H15N7O. The molecular weight excluding hydrogens is 354 g/mol. The predicted molar refractivity (Wildman–Crippen MR) is 110 cm³/mol. The van der Waals surface area contributed by atoms with Gasteiger partial charge in [0.15, 0.2) is 5.65 Å². The molecule has 0 saturated heterocycles. The molecule has 136 valence electrons. The zero-order valence-electron chi connectivity index (χ0n) is 14.9. The van der Waals surface area contributed by atoms with Crippen molar-refractivity contribution in [3.8, 4) is 0 Å². The van der Waals surface area contributed by atoms with E-state index in [0.29, 0.717) is 16.7 Å². The molecule has 0 radical (unpaired) electrons. The number of aromatic nitrogens is 5. The molecule has 3 aromatic heterocycles. The lowest BCUT2D eigenvalue weighted by Gasteiger charge is -2.02. The minimum absolute atomic E-state index is 0.211. The van der Waals surface area contributed by atoms with Crippen molar-refractivity contribution in [2.75, 3.05) is 5.43 Å². The Morgan fingerprint density at radius 3 is 2.89 bits per heavy atom. The Bertz CT molecular complexity index is 1430. The van der Waals surface area contributed by atoms with Gasteiger partial charge in [0, 0.05) is 10.9 Å². The minimum Gasteiger partial charge on any atom is -0.338 e. The zero-order valence-corrected chi connectivity index (χ0v) is 14.9. The number of para-hydroxylation sites is 2. The topological polar surface area (TPSA) is 112 Å². The van der Waals surface area contributed by atoms with Crippen molar-refractivity contribution >= 4 is 45.1 Å². The van der Waals surface area contributed by atoms with E-state index in [1.54, 1.807) is 6.07 Å². The van der Waals surface area contributed by atoms with Crippen LogP contribution in [-0.4, -0.2) is 31.4 Å². The number of nitrogens with zero attached hydrogens (tertiary/aromatic N) is 4. The summed E-state index contributed by atoms with van der Waals surface area (Å²) in [7, 11) is 0. The monoisotopic (exact) mass is 369 g/mol. The van der Waals surface area contributed by atoms with Gasteiger partial charge in [-0.2, -0.15) is 10.1 Å². The van der Waals surface area contributed by atoms with Crippen LogP contribution in [0.25, 0.3) is 33.0 Å². The van der Waals surface area contributed by atoms with E-state index in [0.717, 1.165) is 27.4 Å². The van der Waals surface area contributed by atoms with E-state index < -0.39 is 0 Å². The maximum atomic E-state index is 12.3. The second kappa shape index (κ2) is 6.27. The molecule has 5 rings (SSSR count). The highest BCUT2D eigenvalue weighted by Crippen LogP contribution is 2.21. The Balaban J connectivity index is 1.45. The first kappa shape index (κ1) is 16.1. The third-order valence-electron chi connectivity index (χ3n) is 4.61. The Morgan fingerprint density at radius 2 is 1.96 bits per heavy atom. The highest BCUT2D eigenvalue weighted by Gasteiger charge is 2.08. The summed E-state index contributed by atoms with van der Waals surface area (Å²) in [5.74, 6) is 0.239. The molecule has 0 unspecified atom stereocenters. The van der Waals surface area contributed by atoms with Gasteiger partial charge in [-0.3, -0.25) is 4.79 Å². The number of aromatic amines is 2. The largest absolute Gasteiger partial charge is 0.338 e. The lowest BCUT2D eigenvalue weighted by atomic mass is 10.1. The van der Waals surface area contributed by atoms with Gasteiger partial charge in [0.05, 0.1) is 17.3 Å². The van der Waals surface area contributed by atoms with Crippen LogP contribution in [0.2, 0.25) is 0 Å². The van der Waals surface area contributed by atoms with Gasteiger partial charge < -0.3 is 9.97 Å². The molecule has 3 heterocycles. The van der Waals surface area contributed by atoms with Crippen LogP contribution in [0.1, 0.15) is 11.1 Å². The number of hydrazone groups is 1. The summed E-state index contributed by atoms with van der Waals surface area (Å²) in [4.78, 5) is 22.8. The number of hydrogen-bond acceptors (Lipinski definition) is 6. The molecule has 5 aromatic rings. The molecule has 0 saturated carbocycles. The molecule has 0 aliphatic carbocycles. The van der Waals surface area contributed by atoms with Crippen molar-refractivity contribution < 1.29 is 0 Å². The van der Waals surface area contributed by atoms with E-state index in [2.05, 4.69) is 35.7 Å². The van der Waals surface area contributed by atoms with Gasteiger partial charge in [0.1, 0.15) is 5.52 Å². The number of H-pyrrole nitrogens is 2. The maximum Gasteiger partial charge on any atom is 0.265 e. The second-order valence-electron chi connectivity index (χ2n) is 6.47. The van der Waals surface area contributed by atoms with Gasteiger partial charge in [0.2, 0.25) is 0 Å². The molecule has 0 aliphatic heterocycles. The van der Waals surface area contributed by atoms with E-state index in [1.165, 1.54) is 6.21 Å². The van der Waals surface area contributed by atoms with Crippen LogP contribution in [-0.2, 0) is 0 Å². The summed E-state index contributed by atoms with van der Waals surface area (Å²) in [6.45, 7) is 1.96. The molecule has 0 spiro atoms. The highest BCUT2D eigenvalue weighted by molar-refractivity contribution is 6.03. The van der Waals surface area contributed by atoms with Crippen LogP contribution in [0.3, 0.4) is 0 Å². The van der Waals surface area contributed by atoms with Crippen LogP contribution in [0.15, 0.2) is 58.4 Å². The third-order valence-corrected chi connectivity index (χ3v) is 4.61. The fourth-order valence-electron chi connectivity index (χ4n) is 3.22. The number of anilines is 1. The summed E-state index contributed by atoms with van der Waals surface area (Å²) < 4.78 is 0. The number of nitrogens with one attached hydrogen (secondary N) is 3. The lowest BCUT2D eigenvalue weighted by Crippen LogP contribution is -2.12. The average molecular weight is 369 g/mol. The van der Waals surface area contributed by atoms with Gasteiger partial charge in [-0.05, 0) is 30.0 Å². The molecule has 28 heavy (non-hydrogen) atoms. The molecule has 0 aliphatic rings. The van der Waals surface area contributed by atoms with Crippen molar-refractivity contribution in [1.82, 2.24) is 25.1 Å². The first-order chi connectivity index (χ1) is 13.7. The Kier molecular flexibility index (Phi) is 3.61. The number of hydrogen-bond donors (Lipinski definition) is 3. The lowest BCUT2D eigenvalue weighted by molar-refractivity contribution is 1.01. The standard InChI is InChI=1S/C20H15N7O/c1-11-5-4-6-12-9-13(19(28)23-16(11)12)10-21-26-20-24-18-17(25-27-20)14-7-2-3-8-15(14)22-18/h2-10H,1H3,(H,23,28)(H2,22,24,26,27). The number of fused-ring (bicyclic) bond motifs is 4. The fourth-order valence-corrected chi connectivity index (χ4v) is 3.22. The quantitative estimate of drug-likeness (QED) is 0.334. The van der Waals surface area contributed by atoms with Crippen molar-refractivity contribution in [3.05, 3.63) is 70.0 Å². The fraction of sp³-hybridized carbons (Fsp3) is 0.0500. The van der Waals surface area contributed by atoms with Crippen LogP contribution >= 0.6 is 0 Å². The van der Waals surface area contributed by atoms with E-state index in [9.17, 15) is 4.79 Å². The van der Waals surface area contributed by atoms with Gasteiger partial charge >= 0.3 is 0 Å². The van der Waals surface area contributed by atoms with Crippen LogP contribution in [0, 0.1) is 6.92 Å². The van der Waals surface area contributed by atoms with E-state index in [1.807, 2.05) is 49.4 Å². The number of benzene rings is 2. The Labute approximate surface area is 158 Å². The molecule has 0 atom stereocenters. The Hall–Kier alpha value is -4.07. The first-order valence-corrected chi connectivity index (χ1v) is 8.72. The van der Waals surface area contributed by atoms with Crippen LogP contribution in [0.5, 0.6) is 0 Å². The number of rotatable bonds is 3. The minimum atomic E-state index is -0.211. The van der Waals surface area contributed by atoms with Crippen molar-refractivity contribution in [3.63, 3.8) is 0 Å². The van der Waals surface area contributed by atoms with Crippen LogP contribution < -0.4 is 11.0 Å². The SMILES string of the molecule is Cc1cccc2cc(C=NNc3nnc4c(n3)[nH]c3ccccc34)c(=O)[nH]c12. The first-order valence-electron chi connectivity index (χ1n) is 8.72. The zero-order chi connectivity index (χ0) is 19.1. The van der Waals surface area contributed by atoms with Gasteiger partial charge in [-0.1, -0.05) is 36.4 Å². The second-order valence-corrected chi connectivity index (χ2v) is 6.47. The summed E-state index contributed by atoms with van der Waals surface area (Å²) in [6, 6.07) is 15.4. The molecule has 0 fully saturated rings. The number of aryl methyl sites for hydroxylation is 1. The third kappa shape index (κ3) is 2.67. The summed E-state index contributed by atoms with van der Waals surface area (Å²) in [5.41, 5.74) is 7.06. The van der Waals surface area contributed by atoms with E-state index in [-0.39, 0.29) is 11.5 Å². The summed E-state index contributed by atoms with van der Waals surface area (Å²) in [6.07, 6.45) is 1.44. The van der Waals surface area contributed by atoms with Gasteiger partial charge in [0.25, 0.3) is 11.5 Å². The molecule has 3 N–H and O–H groups in total. The molecule has 0 amide bonds. The van der Waals surface area contributed by atoms with Crippen molar-refractivity contribution in [2.24, 2.45) is 5.10 Å². The van der Waals surface area contributed by atoms with Crippen LogP contribution in [0.4, 0.5) is 5.95 Å². The van der Waals surface area contributed by atoms with Crippen molar-refractivity contribution in [1.29, 1.82) is 0 Å². The molecule has 2 aromatic carbocycles. The molecule has 0 bridgehead atoms. The molecule has 8 nitrogen and oxygen atoms in total. The summed E-state index contributed by atoms with van der Waals surface area (Å²) >= 11 is 0. The smallest absolute Gasteiger partial charge is 0.265 e. The maximum absolute atomic E-state index is 12.3. The number of pyridine rings is 1. The Morgan fingerprint density at radius 1 is 1.07 bits per heavy atom. The average Bonchev–Trinajstić information content (AvgIpc) is 3.07. The van der Waals surface area contributed by atoms with E-state index >= 15 is 0 Å². The normalized spacial score (nSPS) is 11.8. The molecule has 8 heteroatoms. The van der Waals surface area contributed by atoms with Gasteiger partial charge in [-0.25, -0.2) is 5.43 Å². The van der Waals surface area contributed by atoms with Gasteiger partial charge in [-0.15, -0.1) is 10.2 Å². The summed E-state index contributed by atoms with van der Waals surface area (Å²) in [5, 5.41) is 14.3. The van der Waals surface area contributed by atoms with E-state index in [4.69, 9.17) is 0 Å².